The van der Waals surface area contributed by atoms with Crippen molar-refractivity contribution in [3.8, 4) is 5.75 Å². The number of hydrogen-bond donors (Lipinski definition) is 0. The van der Waals surface area contributed by atoms with E-state index < -0.39 is 6.10 Å². The first-order chi connectivity index (χ1) is 6.74. The summed E-state index contributed by atoms with van der Waals surface area (Å²) in [6.07, 6.45) is -0.576. The number of ketones is 1. The van der Waals surface area contributed by atoms with Gasteiger partial charge in [-0.25, -0.2) is 0 Å². The molecular formula is C11H10O3. The first-order valence-electron chi connectivity index (χ1n) is 4.26. The van der Waals surface area contributed by atoms with E-state index in [1.807, 2.05) is 18.2 Å². The molecule has 0 fully saturated rings. The fourth-order valence-corrected chi connectivity index (χ4v) is 1.49. The number of carbonyl (C=O) groups is 1. The summed E-state index contributed by atoms with van der Waals surface area (Å²) in [4.78, 5) is 11.6. The van der Waals surface area contributed by atoms with Crippen molar-refractivity contribution in [2.45, 2.75) is 6.10 Å². The van der Waals surface area contributed by atoms with Crippen molar-refractivity contribution < 1.29 is 14.3 Å². The molecule has 1 atom stereocenters. The van der Waals surface area contributed by atoms with Crippen molar-refractivity contribution in [3.05, 3.63) is 42.2 Å². The van der Waals surface area contributed by atoms with Crippen molar-refractivity contribution in [3.63, 3.8) is 0 Å². The molecular weight excluding hydrogens is 180 g/mol. The number of carbonyl (C=O) groups excluding carboxylic acids is 1. The number of Topliss-reactive ketones (excluding diaryl/α,β-unsaturated/α-hetero) is 1. The van der Waals surface area contributed by atoms with Crippen molar-refractivity contribution in [1.82, 2.24) is 0 Å². The smallest absolute Gasteiger partial charge is 0.230 e. The van der Waals surface area contributed by atoms with Gasteiger partial charge in [-0.2, -0.15) is 0 Å². The molecule has 1 heterocycles. The van der Waals surface area contributed by atoms with Gasteiger partial charge in [-0.15, -0.1) is 0 Å². The second-order valence-corrected chi connectivity index (χ2v) is 3.04. The largest absolute Gasteiger partial charge is 0.454 e. The minimum atomic E-state index is -0.576. The van der Waals surface area contributed by atoms with Gasteiger partial charge in [0.1, 0.15) is 5.75 Å². The zero-order valence-electron chi connectivity index (χ0n) is 7.82. The summed E-state index contributed by atoms with van der Waals surface area (Å²) in [7, 11) is 1.50. The highest BCUT2D eigenvalue weighted by atomic mass is 16.5. The van der Waals surface area contributed by atoms with E-state index in [4.69, 9.17) is 9.47 Å². The molecule has 72 valence electrons. The number of rotatable bonds is 1. The molecule has 3 heteroatoms. The Morgan fingerprint density at radius 1 is 1.43 bits per heavy atom. The molecule has 0 saturated heterocycles. The van der Waals surface area contributed by atoms with Crippen LogP contribution in [0.25, 0.3) is 0 Å². The fourth-order valence-electron chi connectivity index (χ4n) is 1.49. The molecule has 0 bridgehead atoms. The maximum Gasteiger partial charge on any atom is 0.230 e. The molecule has 0 aromatic heterocycles. The van der Waals surface area contributed by atoms with Gasteiger partial charge < -0.3 is 9.47 Å². The van der Waals surface area contributed by atoms with Gasteiger partial charge in [0, 0.05) is 12.7 Å². The predicted octanol–water partition coefficient (Wildman–Crippen LogP) is 1.85. The number of benzene rings is 1. The lowest BCUT2D eigenvalue weighted by molar-refractivity contribution is -0.128. The average molecular weight is 190 g/mol. The number of hydrogen-bond acceptors (Lipinski definition) is 3. The van der Waals surface area contributed by atoms with Crippen LogP contribution in [0.4, 0.5) is 0 Å². The Hall–Kier alpha value is -1.61. The zero-order chi connectivity index (χ0) is 10.1. The van der Waals surface area contributed by atoms with Crippen LogP contribution in [0.5, 0.6) is 5.75 Å². The van der Waals surface area contributed by atoms with Crippen molar-refractivity contribution >= 4 is 5.78 Å². The maximum atomic E-state index is 11.6. The van der Waals surface area contributed by atoms with Crippen LogP contribution in [0.15, 0.2) is 36.6 Å². The standard InChI is InChI=1S/C11H10O3/c1-7-10(12)11(13-2)8-5-3-4-6-9(8)14-7/h3-6,11H,1H2,2H3. The van der Waals surface area contributed by atoms with Crippen LogP contribution < -0.4 is 4.74 Å². The second-order valence-electron chi connectivity index (χ2n) is 3.04. The molecule has 1 aliphatic heterocycles. The molecule has 2 rings (SSSR count). The van der Waals surface area contributed by atoms with Gasteiger partial charge in [0.25, 0.3) is 0 Å². The minimum absolute atomic E-state index is 0.135. The van der Waals surface area contributed by atoms with Crippen LogP contribution in [0.1, 0.15) is 11.7 Å². The van der Waals surface area contributed by atoms with E-state index in [9.17, 15) is 4.79 Å². The van der Waals surface area contributed by atoms with E-state index in [1.54, 1.807) is 6.07 Å². The summed E-state index contributed by atoms with van der Waals surface area (Å²) in [5.41, 5.74) is 0.757. The summed E-state index contributed by atoms with van der Waals surface area (Å²) in [6.45, 7) is 3.54. The summed E-state index contributed by atoms with van der Waals surface area (Å²) in [5, 5.41) is 0. The Balaban J connectivity index is 2.52. The highest BCUT2D eigenvalue weighted by molar-refractivity contribution is 5.99. The van der Waals surface area contributed by atoms with Gasteiger partial charge in [0.05, 0.1) is 0 Å². The van der Waals surface area contributed by atoms with Crippen molar-refractivity contribution in [1.29, 1.82) is 0 Å². The molecule has 0 amide bonds. The van der Waals surface area contributed by atoms with Gasteiger partial charge in [-0.05, 0) is 6.07 Å². The Bertz CT molecular complexity index is 395. The van der Waals surface area contributed by atoms with Gasteiger partial charge in [0.2, 0.25) is 5.78 Å². The van der Waals surface area contributed by atoms with Crippen LogP contribution in [0.3, 0.4) is 0 Å². The monoisotopic (exact) mass is 190 g/mol. The normalized spacial score (nSPS) is 20.2. The third-order valence-corrected chi connectivity index (χ3v) is 2.18. The van der Waals surface area contributed by atoms with Gasteiger partial charge >= 0.3 is 0 Å². The minimum Gasteiger partial charge on any atom is -0.454 e. The molecule has 1 aliphatic rings. The lowest BCUT2D eigenvalue weighted by Gasteiger charge is -2.24. The number of fused-ring (bicyclic) bond motifs is 1. The van der Waals surface area contributed by atoms with E-state index in [-0.39, 0.29) is 11.5 Å². The molecule has 1 unspecified atom stereocenters. The zero-order valence-corrected chi connectivity index (χ0v) is 7.82. The lowest BCUT2D eigenvalue weighted by atomic mass is 10.0. The topological polar surface area (TPSA) is 35.5 Å². The quantitative estimate of drug-likeness (QED) is 0.634. The summed E-state index contributed by atoms with van der Waals surface area (Å²) < 4.78 is 10.4. The van der Waals surface area contributed by atoms with Crippen LogP contribution in [0.2, 0.25) is 0 Å². The lowest BCUT2D eigenvalue weighted by Crippen LogP contribution is -2.24. The fraction of sp³-hybridized carbons (Fsp3) is 0.182. The van der Waals surface area contributed by atoms with Gasteiger partial charge in [-0.3, -0.25) is 4.79 Å². The Morgan fingerprint density at radius 3 is 2.86 bits per heavy atom. The van der Waals surface area contributed by atoms with Crippen LogP contribution in [-0.4, -0.2) is 12.9 Å². The summed E-state index contributed by atoms with van der Waals surface area (Å²) in [5.74, 6) is 0.561. The molecule has 0 radical (unpaired) electrons. The first-order valence-corrected chi connectivity index (χ1v) is 4.26. The van der Waals surface area contributed by atoms with E-state index in [1.165, 1.54) is 7.11 Å². The van der Waals surface area contributed by atoms with Crippen LogP contribution in [-0.2, 0) is 9.53 Å². The number of methoxy groups -OCH3 is 1. The first kappa shape index (κ1) is 8.97. The Kier molecular flexibility index (Phi) is 2.09. The van der Waals surface area contributed by atoms with Gasteiger partial charge in [0.15, 0.2) is 11.9 Å². The Labute approximate surface area is 81.9 Å². The van der Waals surface area contributed by atoms with E-state index in [2.05, 4.69) is 6.58 Å². The molecule has 1 aromatic carbocycles. The Morgan fingerprint density at radius 2 is 2.14 bits per heavy atom. The summed E-state index contributed by atoms with van der Waals surface area (Å²) >= 11 is 0. The van der Waals surface area contributed by atoms with Crippen LogP contribution in [0, 0.1) is 0 Å². The molecule has 0 aliphatic carbocycles. The predicted molar refractivity (Wildman–Crippen MR) is 51.0 cm³/mol. The highest BCUT2D eigenvalue weighted by Gasteiger charge is 2.31. The highest BCUT2D eigenvalue weighted by Crippen LogP contribution is 2.34. The van der Waals surface area contributed by atoms with E-state index >= 15 is 0 Å². The molecule has 1 aromatic rings. The molecule has 3 nitrogen and oxygen atoms in total. The number of ether oxygens (including phenoxy) is 2. The SMILES string of the molecule is C=C1Oc2ccccc2C(OC)C1=O. The second kappa shape index (κ2) is 3.27. The van der Waals surface area contributed by atoms with Crippen molar-refractivity contribution in [2.75, 3.05) is 7.11 Å². The molecule has 0 spiro atoms. The maximum absolute atomic E-state index is 11.6. The van der Waals surface area contributed by atoms with Gasteiger partial charge in [-0.1, -0.05) is 24.8 Å². The molecule has 14 heavy (non-hydrogen) atoms. The summed E-state index contributed by atoms with van der Waals surface area (Å²) in [6, 6.07) is 7.29. The molecule has 0 saturated carbocycles. The van der Waals surface area contributed by atoms with E-state index in [0.717, 1.165) is 5.56 Å². The van der Waals surface area contributed by atoms with Crippen molar-refractivity contribution in [2.24, 2.45) is 0 Å². The average Bonchev–Trinajstić information content (AvgIpc) is 2.20. The third-order valence-electron chi connectivity index (χ3n) is 2.18. The van der Waals surface area contributed by atoms with Crippen LogP contribution >= 0.6 is 0 Å². The third kappa shape index (κ3) is 1.22. The van der Waals surface area contributed by atoms with E-state index in [0.29, 0.717) is 5.75 Å². The molecule has 0 N–H and O–H groups in total. The number of para-hydroxylation sites is 1.